The van der Waals surface area contributed by atoms with E-state index in [1.807, 2.05) is 0 Å². The second-order valence-electron chi connectivity index (χ2n) is 7.35. The number of hydrogen-bond donors (Lipinski definition) is 0. The van der Waals surface area contributed by atoms with Crippen LogP contribution in [0.25, 0.3) is 0 Å². The van der Waals surface area contributed by atoms with Crippen molar-refractivity contribution in [1.82, 2.24) is 15.0 Å². The lowest BCUT2D eigenvalue weighted by Crippen LogP contribution is -2.25. The molecule has 0 radical (unpaired) electrons. The van der Waals surface area contributed by atoms with Gasteiger partial charge in [-0.3, -0.25) is 4.90 Å². The van der Waals surface area contributed by atoms with E-state index < -0.39 is 0 Å². The minimum atomic E-state index is 0.561. The molecule has 0 bridgehead atoms. The molecule has 0 saturated heterocycles. The van der Waals surface area contributed by atoms with E-state index in [4.69, 9.17) is 4.52 Å². The van der Waals surface area contributed by atoms with E-state index in [-0.39, 0.29) is 0 Å². The summed E-state index contributed by atoms with van der Waals surface area (Å²) in [6.45, 7) is 6.21. The number of rotatable bonds is 7. The smallest absolute Gasteiger partial charge is 0.240 e. The maximum atomic E-state index is 5.46. The Morgan fingerprint density at radius 2 is 1.83 bits per heavy atom. The van der Waals surface area contributed by atoms with Crippen molar-refractivity contribution in [1.29, 1.82) is 0 Å². The van der Waals surface area contributed by atoms with Gasteiger partial charge >= 0.3 is 0 Å². The van der Waals surface area contributed by atoms with Crippen LogP contribution in [-0.4, -0.2) is 21.1 Å². The van der Waals surface area contributed by atoms with E-state index in [1.165, 1.54) is 36.8 Å². The predicted octanol–water partition coefficient (Wildman–Crippen LogP) is 4.24. The van der Waals surface area contributed by atoms with Crippen molar-refractivity contribution in [2.24, 2.45) is 0 Å². The molecule has 1 heterocycles. The quantitative estimate of drug-likeness (QED) is 0.767. The molecular formula is C19H25N3O. The minimum Gasteiger partial charge on any atom is -0.338 e. The molecule has 1 aromatic carbocycles. The van der Waals surface area contributed by atoms with Gasteiger partial charge in [0.1, 0.15) is 0 Å². The molecule has 2 aliphatic rings. The lowest BCUT2D eigenvalue weighted by atomic mass is 10.0. The summed E-state index contributed by atoms with van der Waals surface area (Å²) in [5, 5.41) is 4.14. The first-order valence-corrected chi connectivity index (χ1v) is 8.84. The Kier molecular flexibility index (Phi) is 3.93. The van der Waals surface area contributed by atoms with Crippen molar-refractivity contribution in [3.8, 4) is 0 Å². The van der Waals surface area contributed by atoms with E-state index in [0.29, 0.717) is 17.9 Å². The Bertz CT molecular complexity index is 654. The largest absolute Gasteiger partial charge is 0.338 e. The van der Waals surface area contributed by atoms with Crippen molar-refractivity contribution in [3.63, 3.8) is 0 Å². The minimum absolute atomic E-state index is 0.561. The van der Waals surface area contributed by atoms with Crippen molar-refractivity contribution in [3.05, 3.63) is 47.1 Å². The standard InChI is InChI=1S/C19H25N3O/c1-13(2)15-5-3-14(4-6-15)11-22(17-9-10-17)12-18-20-19(21-23-18)16-7-8-16/h3-6,13,16-17H,7-12H2,1-2H3. The van der Waals surface area contributed by atoms with Gasteiger partial charge in [-0.25, -0.2) is 0 Å². The Labute approximate surface area is 137 Å². The summed E-state index contributed by atoms with van der Waals surface area (Å²) in [6.07, 6.45) is 5.00. The van der Waals surface area contributed by atoms with Crippen molar-refractivity contribution >= 4 is 0 Å². The fourth-order valence-electron chi connectivity index (χ4n) is 3.01. The average molecular weight is 311 g/mol. The molecule has 0 atom stereocenters. The molecule has 0 N–H and O–H groups in total. The van der Waals surface area contributed by atoms with Crippen LogP contribution in [0.3, 0.4) is 0 Å². The first-order chi connectivity index (χ1) is 11.2. The summed E-state index contributed by atoms with van der Waals surface area (Å²) in [5.41, 5.74) is 2.76. The van der Waals surface area contributed by atoms with Crippen LogP contribution in [0.2, 0.25) is 0 Å². The molecule has 2 aromatic rings. The molecule has 0 amide bonds. The fourth-order valence-corrected chi connectivity index (χ4v) is 3.01. The molecule has 4 rings (SSSR count). The SMILES string of the molecule is CC(C)c1ccc(CN(Cc2nc(C3CC3)no2)C2CC2)cc1. The Hall–Kier alpha value is -1.68. The van der Waals surface area contributed by atoms with E-state index in [1.54, 1.807) is 0 Å². The number of benzene rings is 1. The lowest BCUT2D eigenvalue weighted by molar-refractivity contribution is 0.209. The van der Waals surface area contributed by atoms with Gasteiger partial charge in [-0.1, -0.05) is 43.3 Å². The van der Waals surface area contributed by atoms with Crippen LogP contribution in [-0.2, 0) is 13.1 Å². The summed E-state index contributed by atoms with van der Waals surface area (Å²) >= 11 is 0. The van der Waals surface area contributed by atoms with Crippen LogP contribution in [0, 0.1) is 0 Å². The second kappa shape index (κ2) is 6.08. The third kappa shape index (κ3) is 3.63. The van der Waals surface area contributed by atoms with Gasteiger partial charge in [0.05, 0.1) is 6.54 Å². The van der Waals surface area contributed by atoms with Crippen molar-refractivity contribution < 1.29 is 4.52 Å². The first-order valence-electron chi connectivity index (χ1n) is 8.84. The maximum absolute atomic E-state index is 5.46. The number of aromatic nitrogens is 2. The zero-order chi connectivity index (χ0) is 15.8. The molecule has 4 nitrogen and oxygen atoms in total. The molecule has 0 aliphatic heterocycles. The molecule has 2 saturated carbocycles. The molecule has 4 heteroatoms. The van der Waals surface area contributed by atoms with Gasteiger partial charge in [0, 0.05) is 18.5 Å². The van der Waals surface area contributed by atoms with Gasteiger partial charge in [0.2, 0.25) is 5.89 Å². The van der Waals surface area contributed by atoms with Crippen LogP contribution in [0.4, 0.5) is 0 Å². The summed E-state index contributed by atoms with van der Waals surface area (Å²) in [7, 11) is 0. The molecule has 1 aromatic heterocycles. The zero-order valence-electron chi connectivity index (χ0n) is 14.0. The second-order valence-corrected chi connectivity index (χ2v) is 7.35. The van der Waals surface area contributed by atoms with E-state index >= 15 is 0 Å². The normalized spacial score (nSPS) is 18.1. The highest BCUT2D eigenvalue weighted by Gasteiger charge is 2.32. The zero-order valence-corrected chi connectivity index (χ0v) is 14.0. The fraction of sp³-hybridized carbons (Fsp3) is 0.579. The number of hydrogen-bond acceptors (Lipinski definition) is 4. The Morgan fingerprint density at radius 3 is 2.43 bits per heavy atom. The summed E-state index contributed by atoms with van der Waals surface area (Å²) in [4.78, 5) is 7.06. The van der Waals surface area contributed by atoms with Gasteiger partial charge < -0.3 is 4.52 Å². The summed E-state index contributed by atoms with van der Waals surface area (Å²) in [5.74, 6) is 2.84. The van der Waals surface area contributed by atoms with Crippen LogP contribution in [0.15, 0.2) is 28.8 Å². The summed E-state index contributed by atoms with van der Waals surface area (Å²) in [6, 6.07) is 9.70. The molecule has 23 heavy (non-hydrogen) atoms. The maximum Gasteiger partial charge on any atom is 0.240 e. The Morgan fingerprint density at radius 1 is 1.09 bits per heavy atom. The lowest BCUT2D eigenvalue weighted by Gasteiger charge is -2.20. The average Bonchev–Trinajstić information content (AvgIpc) is 3.46. The van der Waals surface area contributed by atoms with Crippen LogP contribution in [0.5, 0.6) is 0 Å². The molecular weight excluding hydrogens is 286 g/mol. The third-order valence-electron chi connectivity index (χ3n) is 4.86. The van der Waals surface area contributed by atoms with E-state index in [2.05, 4.69) is 53.2 Å². The van der Waals surface area contributed by atoms with Crippen LogP contribution >= 0.6 is 0 Å². The monoisotopic (exact) mass is 311 g/mol. The van der Waals surface area contributed by atoms with E-state index in [0.717, 1.165) is 24.8 Å². The van der Waals surface area contributed by atoms with Crippen molar-refractivity contribution in [2.45, 2.75) is 70.5 Å². The molecule has 122 valence electrons. The summed E-state index contributed by atoms with van der Waals surface area (Å²) < 4.78 is 5.46. The first kappa shape index (κ1) is 14.9. The highest BCUT2D eigenvalue weighted by molar-refractivity contribution is 5.24. The van der Waals surface area contributed by atoms with Crippen molar-refractivity contribution in [2.75, 3.05) is 0 Å². The topological polar surface area (TPSA) is 42.2 Å². The molecule has 0 unspecified atom stereocenters. The predicted molar refractivity (Wildman–Crippen MR) is 89.1 cm³/mol. The number of nitrogens with zero attached hydrogens (tertiary/aromatic N) is 3. The van der Waals surface area contributed by atoms with Gasteiger partial charge in [-0.05, 0) is 42.7 Å². The highest BCUT2D eigenvalue weighted by atomic mass is 16.5. The molecule has 2 fully saturated rings. The van der Waals surface area contributed by atoms with Crippen LogP contribution in [0.1, 0.15) is 74.2 Å². The third-order valence-corrected chi connectivity index (χ3v) is 4.86. The van der Waals surface area contributed by atoms with Gasteiger partial charge in [0.15, 0.2) is 5.82 Å². The van der Waals surface area contributed by atoms with Gasteiger partial charge in [-0.2, -0.15) is 4.98 Å². The van der Waals surface area contributed by atoms with Gasteiger partial charge in [-0.15, -0.1) is 0 Å². The Balaban J connectivity index is 1.42. The molecule has 0 spiro atoms. The highest BCUT2D eigenvalue weighted by Crippen LogP contribution is 2.38. The molecule has 2 aliphatic carbocycles. The van der Waals surface area contributed by atoms with Gasteiger partial charge in [0.25, 0.3) is 0 Å². The van der Waals surface area contributed by atoms with E-state index in [9.17, 15) is 0 Å². The van der Waals surface area contributed by atoms with Crippen LogP contribution < -0.4 is 0 Å².